The van der Waals surface area contributed by atoms with Gasteiger partial charge in [-0.05, 0) is 49.3 Å². The lowest BCUT2D eigenvalue weighted by Crippen LogP contribution is -2.56. The summed E-state index contributed by atoms with van der Waals surface area (Å²) in [6, 6.07) is 4.21. The van der Waals surface area contributed by atoms with Gasteiger partial charge in [0.25, 0.3) is 0 Å². The lowest BCUT2D eigenvalue weighted by molar-refractivity contribution is -0.135. The number of hydrogen-bond acceptors (Lipinski definition) is 7. The Bertz CT molecular complexity index is 1070. The number of carbonyl (C=O) groups excluding carboxylic acids is 1. The van der Waals surface area contributed by atoms with Crippen LogP contribution in [0.25, 0.3) is 0 Å². The number of nitrogens with one attached hydrogen (secondary N) is 3. The molecule has 4 rings (SSSR count). The Morgan fingerprint density at radius 3 is 2.74 bits per heavy atom. The normalized spacial score (nSPS) is 20.2. The van der Waals surface area contributed by atoms with E-state index in [2.05, 4.69) is 22.9 Å². The molecule has 1 aromatic heterocycles. The topological polar surface area (TPSA) is 129 Å². The van der Waals surface area contributed by atoms with Gasteiger partial charge in [-0.1, -0.05) is 12.7 Å². The van der Waals surface area contributed by atoms with Gasteiger partial charge in [-0.25, -0.2) is 4.98 Å². The molecule has 3 N–H and O–H groups in total. The van der Waals surface area contributed by atoms with Crippen molar-refractivity contribution in [1.29, 1.82) is 16.1 Å². The van der Waals surface area contributed by atoms with Crippen LogP contribution in [0.2, 0.25) is 0 Å². The molecule has 2 heterocycles. The standard InChI is InChI=1S/C26H33N7O2/c1-3-17(14-27)12-23(29)30-21-13-20(15-28)26(31-25(21)19-6-7-19)32-9-10-33(24(34)8-11-35-2)22(16-32)18-4-5-18/h3,12-14,18-19,22,27H,1,4-11,16H2,2H3,(H2,29,30)/b17-12-,27-14?. The summed E-state index contributed by atoms with van der Waals surface area (Å²) in [6.45, 7) is 5.99. The van der Waals surface area contributed by atoms with Crippen LogP contribution in [0.15, 0.2) is 30.4 Å². The van der Waals surface area contributed by atoms with E-state index in [4.69, 9.17) is 20.5 Å². The first-order valence-corrected chi connectivity index (χ1v) is 12.2. The van der Waals surface area contributed by atoms with E-state index in [9.17, 15) is 10.1 Å². The van der Waals surface area contributed by atoms with Gasteiger partial charge >= 0.3 is 0 Å². The highest BCUT2D eigenvalue weighted by Crippen LogP contribution is 2.44. The van der Waals surface area contributed by atoms with Crippen molar-refractivity contribution >= 4 is 29.5 Å². The second-order valence-electron chi connectivity index (χ2n) is 9.39. The Balaban J connectivity index is 1.59. The zero-order valence-corrected chi connectivity index (χ0v) is 20.2. The molecule has 0 radical (unpaired) electrons. The zero-order chi connectivity index (χ0) is 24.9. The molecule has 1 atom stereocenters. The van der Waals surface area contributed by atoms with Crippen LogP contribution in [0.1, 0.15) is 49.3 Å². The third kappa shape index (κ3) is 5.77. The molecule has 0 bridgehead atoms. The van der Waals surface area contributed by atoms with Crippen molar-refractivity contribution in [3.63, 3.8) is 0 Å². The summed E-state index contributed by atoms with van der Waals surface area (Å²) in [6.07, 6.45) is 8.88. The van der Waals surface area contributed by atoms with Crippen molar-refractivity contribution in [2.24, 2.45) is 5.92 Å². The van der Waals surface area contributed by atoms with Gasteiger partial charge in [-0.3, -0.25) is 10.2 Å². The van der Waals surface area contributed by atoms with E-state index >= 15 is 0 Å². The summed E-state index contributed by atoms with van der Waals surface area (Å²) in [4.78, 5) is 21.9. The first-order valence-electron chi connectivity index (χ1n) is 12.2. The lowest BCUT2D eigenvalue weighted by Gasteiger charge is -2.42. The number of ether oxygens (including phenoxy) is 1. The maximum absolute atomic E-state index is 12.8. The fraction of sp³-hybridized carbons (Fsp3) is 0.500. The molecular formula is C26H33N7O2. The number of nitriles is 1. The van der Waals surface area contributed by atoms with E-state index < -0.39 is 0 Å². The van der Waals surface area contributed by atoms with Crippen molar-refractivity contribution in [3.8, 4) is 6.07 Å². The minimum Gasteiger partial charge on any atom is -0.384 e. The van der Waals surface area contributed by atoms with E-state index in [1.165, 1.54) is 12.2 Å². The average Bonchev–Trinajstić information content (AvgIpc) is 3.78. The molecule has 1 amide bonds. The molecule has 2 saturated carbocycles. The van der Waals surface area contributed by atoms with Crippen molar-refractivity contribution in [2.45, 2.75) is 44.1 Å². The van der Waals surface area contributed by atoms with Gasteiger partial charge in [0.2, 0.25) is 5.91 Å². The largest absolute Gasteiger partial charge is 0.384 e. The zero-order valence-electron chi connectivity index (χ0n) is 20.2. The SMILES string of the molecule is C=C/C(C=N)=C/C(=N)Nc1cc(C#N)c(N2CCN(C(=O)CCOC)C(C3CC3)C2)nc1C1CC1. The van der Waals surface area contributed by atoms with Crippen LogP contribution < -0.4 is 10.2 Å². The van der Waals surface area contributed by atoms with Crippen LogP contribution in [0.3, 0.4) is 0 Å². The van der Waals surface area contributed by atoms with Crippen LogP contribution in [-0.2, 0) is 9.53 Å². The summed E-state index contributed by atoms with van der Waals surface area (Å²) in [5, 5.41) is 28.7. The van der Waals surface area contributed by atoms with Crippen LogP contribution in [-0.4, -0.2) is 67.2 Å². The summed E-state index contributed by atoms with van der Waals surface area (Å²) in [5.41, 5.74) is 2.51. The number of piperazine rings is 1. The Kier molecular flexibility index (Phi) is 7.61. The second-order valence-corrected chi connectivity index (χ2v) is 9.39. The number of hydrogen-bond donors (Lipinski definition) is 3. The van der Waals surface area contributed by atoms with Crippen molar-refractivity contribution in [2.75, 3.05) is 43.6 Å². The number of carbonyl (C=O) groups is 1. The molecule has 9 nitrogen and oxygen atoms in total. The number of anilines is 2. The third-order valence-electron chi connectivity index (χ3n) is 6.82. The van der Waals surface area contributed by atoms with Crippen LogP contribution in [0, 0.1) is 28.1 Å². The van der Waals surface area contributed by atoms with E-state index in [-0.39, 0.29) is 17.8 Å². The number of amidine groups is 1. The first kappa shape index (κ1) is 24.6. The number of allylic oxidation sites excluding steroid dienone is 2. The van der Waals surface area contributed by atoms with Gasteiger partial charge < -0.3 is 25.3 Å². The number of aromatic nitrogens is 1. The molecule has 2 aliphatic carbocycles. The van der Waals surface area contributed by atoms with E-state index in [0.717, 1.165) is 37.6 Å². The molecular weight excluding hydrogens is 442 g/mol. The monoisotopic (exact) mass is 475 g/mol. The maximum atomic E-state index is 12.8. The summed E-state index contributed by atoms with van der Waals surface area (Å²) in [5.74, 6) is 1.71. The molecule has 0 aromatic carbocycles. The van der Waals surface area contributed by atoms with E-state index in [0.29, 0.717) is 67.1 Å². The van der Waals surface area contributed by atoms with E-state index in [1.807, 2.05) is 4.90 Å². The lowest BCUT2D eigenvalue weighted by atomic mass is 10.0. The van der Waals surface area contributed by atoms with Gasteiger partial charge in [0.1, 0.15) is 17.7 Å². The van der Waals surface area contributed by atoms with Crippen molar-refractivity contribution in [1.82, 2.24) is 9.88 Å². The predicted molar refractivity (Wildman–Crippen MR) is 136 cm³/mol. The Morgan fingerprint density at radius 2 is 2.14 bits per heavy atom. The highest BCUT2D eigenvalue weighted by Gasteiger charge is 2.41. The molecule has 3 aliphatic rings. The molecule has 1 unspecified atom stereocenters. The Labute approximate surface area is 206 Å². The minimum absolute atomic E-state index is 0.112. The molecule has 0 spiro atoms. The van der Waals surface area contributed by atoms with Crippen molar-refractivity contribution in [3.05, 3.63) is 41.6 Å². The number of pyridine rings is 1. The molecule has 9 heteroatoms. The number of nitrogens with zero attached hydrogens (tertiary/aromatic N) is 4. The summed E-state index contributed by atoms with van der Waals surface area (Å²) >= 11 is 0. The summed E-state index contributed by atoms with van der Waals surface area (Å²) in [7, 11) is 1.61. The van der Waals surface area contributed by atoms with Crippen LogP contribution >= 0.6 is 0 Å². The maximum Gasteiger partial charge on any atom is 0.225 e. The fourth-order valence-electron chi connectivity index (χ4n) is 4.65. The van der Waals surface area contributed by atoms with Gasteiger partial charge in [-0.2, -0.15) is 5.26 Å². The molecule has 1 aliphatic heterocycles. The van der Waals surface area contributed by atoms with Gasteiger partial charge in [0.15, 0.2) is 0 Å². The Morgan fingerprint density at radius 1 is 1.37 bits per heavy atom. The third-order valence-corrected chi connectivity index (χ3v) is 6.82. The second kappa shape index (κ2) is 10.8. The highest BCUT2D eigenvalue weighted by molar-refractivity contribution is 6.05. The van der Waals surface area contributed by atoms with Gasteiger partial charge in [-0.15, -0.1) is 0 Å². The number of rotatable bonds is 10. The first-order chi connectivity index (χ1) is 17.0. The molecule has 1 aromatic rings. The molecule has 184 valence electrons. The minimum atomic E-state index is 0.112. The van der Waals surface area contributed by atoms with Crippen LogP contribution in [0.4, 0.5) is 11.5 Å². The highest BCUT2D eigenvalue weighted by atomic mass is 16.5. The van der Waals surface area contributed by atoms with Gasteiger partial charge in [0.05, 0.1) is 36.0 Å². The van der Waals surface area contributed by atoms with Crippen LogP contribution in [0.5, 0.6) is 0 Å². The van der Waals surface area contributed by atoms with Crippen molar-refractivity contribution < 1.29 is 9.53 Å². The summed E-state index contributed by atoms with van der Waals surface area (Å²) < 4.78 is 5.10. The number of methoxy groups -OCH3 is 1. The van der Waals surface area contributed by atoms with E-state index in [1.54, 1.807) is 13.2 Å². The van der Waals surface area contributed by atoms with Gasteiger partial charge in [0, 0.05) is 38.9 Å². The quantitative estimate of drug-likeness (QED) is 0.270. The average molecular weight is 476 g/mol. The number of amides is 1. The smallest absolute Gasteiger partial charge is 0.225 e. The predicted octanol–water partition coefficient (Wildman–Crippen LogP) is 3.45. The Hall–Kier alpha value is -3.51. The molecule has 1 saturated heterocycles. The fourth-order valence-corrected chi connectivity index (χ4v) is 4.65. The molecule has 3 fully saturated rings. The molecule has 35 heavy (non-hydrogen) atoms.